The van der Waals surface area contributed by atoms with E-state index >= 15 is 0 Å². The Morgan fingerprint density at radius 3 is 2.66 bits per heavy atom. The van der Waals surface area contributed by atoms with Gasteiger partial charge in [0.15, 0.2) is 0 Å². The molecule has 5 rings (SSSR count). The zero-order valence-electron chi connectivity index (χ0n) is 17.4. The van der Waals surface area contributed by atoms with Gasteiger partial charge < -0.3 is 20.3 Å². The second-order valence-electron chi connectivity index (χ2n) is 7.85. The molecular weight excluding hydrogens is 404 g/mol. The van der Waals surface area contributed by atoms with Gasteiger partial charge in [0, 0.05) is 35.2 Å². The van der Waals surface area contributed by atoms with E-state index in [4.69, 9.17) is 10.00 Å². The molecule has 1 amide bonds. The highest BCUT2D eigenvalue weighted by Crippen LogP contribution is 2.33. The van der Waals surface area contributed by atoms with Crippen molar-refractivity contribution in [2.75, 3.05) is 29.9 Å². The van der Waals surface area contributed by atoms with Crippen LogP contribution in [0, 0.1) is 11.3 Å². The van der Waals surface area contributed by atoms with Crippen molar-refractivity contribution in [3.63, 3.8) is 0 Å². The second-order valence-corrected chi connectivity index (χ2v) is 7.85. The number of benzene rings is 2. The van der Waals surface area contributed by atoms with Crippen molar-refractivity contribution >= 4 is 23.2 Å². The molecule has 2 fully saturated rings. The summed E-state index contributed by atoms with van der Waals surface area (Å²) in [4.78, 5) is 23.3. The number of morpholine rings is 1. The predicted molar refractivity (Wildman–Crippen MR) is 121 cm³/mol. The normalized spacial score (nSPS) is 18.9. The molecule has 2 N–H and O–H groups in total. The van der Waals surface area contributed by atoms with E-state index < -0.39 is 0 Å². The molecule has 2 aromatic carbocycles. The Labute approximate surface area is 185 Å². The molecule has 0 unspecified atom stereocenters. The van der Waals surface area contributed by atoms with E-state index in [0.717, 1.165) is 36.5 Å². The minimum absolute atomic E-state index is 0.0178. The number of fused-ring (bicyclic) bond motifs is 2. The van der Waals surface area contributed by atoms with Crippen molar-refractivity contribution in [2.45, 2.75) is 18.6 Å². The number of nitrogens with one attached hydrogen (secondary N) is 2. The van der Waals surface area contributed by atoms with Gasteiger partial charge in [-0.05, 0) is 48.9 Å². The lowest BCUT2D eigenvalue weighted by atomic mass is 10.1. The van der Waals surface area contributed by atoms with Crippen LogP contribution in [0.25, 0.3) is 11.3 Å². The van der Waals surface area contributed by atoms with Gasteiger partial charge in [-0.25, -0.2) is 9.97 Å². The highest BCUT2D eigenvalue weighted by molar-refractivity contribution is 5.94. The Morgan fingerprint density at radius 2 is 1.97 bits per heavy atom. The summed E-state index contributed by atoms with van der Waals surface area (Å²) in [7, 11) is 0. The molecule has 2 bridgehead atoms. The molecule has 3 heterocycles. The number of carbonyl (C=O) groups is 1. The SMILES string of the molecule is N#CCNC(=O)c1ccc(-c2ccnc(Nc3ccc(N4C[C@H]5C[C@H]4CO5)cc3)n2)cc1. The number of nitrogens with zero attached hydrogens (tertiary/aromatic N) is 4. The summed E-state index contributed by atoms with van der Waals surface area (Å²) in [5.74, 6) is 0.223. The Balaban J connectivity index is 1.26. The van der Waals surface area contributed by atoms with E-state index in [2.05, 4.69) is 37.6 Å². The molecule has 32 heavy (non-hydrogen) atoms. The van der Waals surface area contributed by atoms with Crippen LogP contribution in [0.4, 0.5) is 17.3 Å². The van der Waals surface area contributed by atoms with Gasteiger partial charge in [-0.2, -0.15) is 5.26 Å². The average Bonchev–Trinajstić information content (AvgIpc) is 3.47. The molecule has 1 aromatic heterocycles. The zero-order chi connectivity index (χ0) is 21.9. The van der Waals surface area contributed by atoms with E-state index in [1.807, 2.05) is 36.4 Å². The maximum absolute atomic E-state index is 11.9. The molecule has 0 spiro atoms. The summed E-state index contributed by atoms with van der Waals surface area (Å²) in [6.07, 6.45) is 3.19. The van der Waals surface area contributed by atoms with Crippen molar-refractivity contribution in [2.24, 2.45) is 0 Å². The van der Waals surface area contributed by atoms with Crippen molar-refractivity contribution in [1.29, 1.82) is 5.26 Å². The van der Waals surface area contributed by atoms with E-state index in [1.54, 1.807) is 18.3 Å². The summed E-state index contributed by atoms with van der Waals surface area (Å²) in [5.41, 5.74) is 4.23. The van der Waals surface area contributed by atoms with E-state index in [0.29, 0.717) is 23.7 Å². The number of amides is 1. The number of hydrogen-bond donors (Lipinski definition) is 2. The molecule has 8 heteroatoms. The van der Waals surface area contributed by atoms with Gasteiger partial charge in [0.1, 0.15) is 6.54 Å². The lowest BCUT2D eigenvalue weighted by Gasteiger charge is -2.29. The van der Waals surface area contributed by atoms with Crippen molar-refractivity contribution in [3.8, 4) is 17.3 Å². The molecule has 2 atom stereocenters. The third kappa shape index (κ3) is 4.11. The summed E-state index contributed by atoms with van der Waals surface area (Å²) in [6.45, 7) is 1.76. The van der Waals surface area contributed by atoms with E-state index in [1.165, 1.54) is 5.69 Å². The highest BCUT2D eigenvalue weighted by atomic mass is 16.5. The zero-order valence-corrected chi connectivity index (χ0v) is 17.4. The van der Waals surface area contributed by atoms with Crippen molar-refractivity contribution in [3.05, 3.63) is 66.4 Å². The van der Waals surface area contributed by atoms with Crippen LogP contribution in [0.1, 0.15) is 16.8 Å². The number of nitriles is 1. The summed E-state index contributed by atoms with van der Waals surface area (Å²) < 4.78 is 5.69. The minimum atomic E-state index is -0.277. The van der Waals surface area contributed by atoms with Gasteiger partial charge in [0.25, 0.3) is 5.91 Å². The minimum Gasteiger partial charge on any atom is -0.374 e. The lowest BCUT2D eigenvalue weighted by Crippen LogP contribution is -2.36. The van der Waals surface area contributed by atoms with Crippen molar-refractivity contribution in [1.82, 2.24) is 15.3 Å². The quantitative estimate of drug-likeness (QED) is 0.584. The van der Waals surface area contributed by atoms with Gasteiger partial charge in [-0.1, -0.05) is 12.1 Å². The fourth-order valence-corrected chi connectivity index (χ4v) is 4.18. The molecule has 0 saturated carbocycles. The van der Waals surface area contributed by atoms with Gasteiger partial charge in [0.2, 0.25) is 5.95 Å². The van der Waals surface area contributed by atoms with Crippen LogP contribution < -0.4 is 15.5 Å². The third-order valence-electron chi connectivity index (χ3n) is 5.78. The number of hydrogen-bond acceptors (Lipinski definition) is 7. The first-order chi connectivity index (χ1) is 15.7. The van der Waals surface area contributed by atoms with Crippen LogP contribution in [0.15, 0.2) is 60.8 Å². The van der Waals surface area contributed by atoms with Crippen LogP contribution in [0.2, 0.25) is 0 Å². The molecule has 160 valence electrons. The molecule has 2 aliphatic rings. The molecule has 3 aromatic rings. The van der Waals surface area contributed by atoms with Gasteiger partial charge in [-0.3, -0.25) is 4.79 Å². The number of anilines is 3. The van der Waals surface area contributed by atoms with E-state index in [-0.39, 0.29) is 12.5 Å². The topological polar surface area (TPSA) is 103 Å². The third-order valence-corrected chi connectivity index (χ3v) is 5.78. The fourth-order valence-electron chi connectivity index (χ4n) is 4.18. The largest absolute Gasteiger partial charge is 0.374 e. The Kier molecular flexibility index (Phi) is 5.40. The highest BCUT2D eigenvalue weighted by Gasteiger charge is 2.38. The maximum Gasteiger partial charge on any atom is 0.252 e. The molecule has 0 radical (unpaired) electrons. The number of ether oxygens (including phenoxy) is 1. The number of carbonyl (C=O) groups excluding carboxylic acids is 1. The first-order valence-corrected chi connectivity index (χ1v) is 10.5. The second kappa shape index (κ2) is 8.65. The summed E-state index contributed by atoms with van der Waals surface area (Å²) in [5, 5.41) is 14.4. The van der Waals surface area contributed by atoms with Crippen LogP contribution in [-0.2, 0) is 4.74 Å². The first kappa shape index (κ1) is 20.0. The summed E-state index contributed by atoms with van der Waals surface area (Å²) in [6, 6.07) is 19.6. The van der Waals surface area contributed by atoms with E-state index in [9.17, 15) is 4.79 Å². The predicted octanol–water partition coefficient (Wildman–Crippen LogP) is 3.12. The smallest absolute Gasteiger partial charge is 0.252 e. The van der Waals surface area contributed by atoms with Crippen LogP contribution in [0.3, 0.4) is 0 Å². The molecular formula is C24H22N6O2. The molecule has 2 saturated heterocycles. The summed E-state index contributed by atoms with van der Waals surface area (Å²) >= 11 is 0. The van der Waals surface area contributed by atoms with Gasteiger partial charge >= 0.3 is 0 Å². The standard InChI is InChI=1S/C24H22N6O2/c25-10-12-26-23(31)17-3-1-16(2-4-17)22-9-11-27-24(29-22)28-18-5-7-19(8-6-18)30-14-21-13-20(30)15-32-21/h1-9,11,20-21H,12-15H2,(H,26,31)(H,27,28,29)/t20-,21+/m0/s1. The average molecular weight is 426 g/mol. The monoisotopic (exact) mass is 426 g/mol. The van der Waals surface area contributed by atoms with Crippen molar-refractivity contribution < 1.29 is 9.53 Å². The van der Waals surface area contributed by atoms with Gasteiger partial charge in [0.05, 0.1) is 30.5 Å². The molecule has 8 nitrogen and oxygen atoms in total. The number of aromatic nitrogens is 2. The van der Waals surface area contributed by atoms with Crippen LogP contribution in [-0.4, -0.2) is 47.7 Å². The van der Waals surface area contributed by atoms with Crippen LogP contribution in [0.5, 0.6) is 0 Å². The first-order valence-electron chi connectivity index (χ1n) is 10.5. The Hall–Kier alpha value is -3.96. The lowest BCUT2D eigenvalue weighted by molar-refractivity contribution is 0.0958. The Morgan fingerprint density at radius 1 is 1.16 bits per heavy atom. The molecule has 0 aliphatic carbocycles. The molecule has 2 aliphatic heterocycles. The van der Waals surface area contributed by atoms with Crippen LogP contribution >= 0.6 is 0 Å². The van der Waals surface area contributed by atoms with Gasteiger partial charge in [-0.15, -0.1) is 0 Å². The Bertz CT molecular complexity index is 1160. The maximum atomic E-state index is 11.9. The number of rotatable bonds is 6. The fraction of sp³-hybridized carbons (Fsp3) is 0.250.